The van der Waals surface area contributed by atoms with Crippen LogP contribution in [0.3, 0.4) is 0 Å². The smallest absolute Gasteiger partial charge is 0.330 e. The summed E-state index contributed by atoms with van der Waals surface area (Å²) in [6, 6.07) is -0.551. The Morgan fingerprint density at radius 3 is 2.31 bits per heavy atom. The molecule has 0 aromatic rings. The fourth-order valence-electron chi connectivity index (χ4n) is 6.59. The third-order valence-corrected chi connectivity index (χ3v) is 7.35. The second-order valence-corrected chi connectivity index (χ2v) is 9.40. The lowest BCUT2D eigenvalue weighted by atomic mass is 9.44. The standard InChI is InChI=1S/C22H30N2O5/c1-14(18(25)28-2)23-17-4-6-24(7-5-17)19(26)21-9-15-8-16(10-21)12-22(11-15,13-21)20(27)29-3/h4,6,14-16H,5,7-13H2,1-3H3/t14-,15?,16?,21?,22?/m0/s1. The van der Waals surface area contributed by atoms with Gasteiger partial charge in [0.1, 0.15) is 6.04 Å². The fraction of sp³-hybridized carbons (Fsp3) is 0.727. The van der Waals surface area contributed by atoms with E-state index in [2.05, 4.69) is 4.99 Å². The Morgan fingerprint density at radius 1 is 1.10 bits per heavy atom. The molecule has 0 N–H and O–H groups in total. The Kier molecular flexibility index (Phi) is 5.03. The van der Waals surface area contributed by atoms with Crippen molar-refractivity contribution in [1.29, 1.82) is 0 Å². The molecule has 158 valence electrons. The van der Waals surface area contributed by atoms with E-state index in [1.54, 1.807) is 18.0 Å². The summed E-state index contributed by atoms with van der Waals surface area (Å²) in [5, 5.41) is 0. The Hall–Kier alpha value is -2.18. The van der Waals surface area contributed by atoms with Gasteiger partial charge in [-0.15, -0.1) is 0 Å². The molecule has 0 radical (unpaired) electrons. The molecule has 4 fully saturated rings. The van der Waals surface area contributed by atoms with Gasteiger partial charge in [0.15, 0.2) is 0 Å². The van der Waals surface area contributed by atoms with Gasteiger partial charge >= 0.3 is 11.9 Å². The quantitative estimate of drug-likeness (QED) is 0.675. The third kappa shape index (κ3) is 3.38. The van der Waals surface area contributed by atoms with Crippen molar-refractivity contribution in [2.45, 2.75) is 57.9 Å². The molecule has 2 unspecified atom stereocenters. The number of hydrogen-bond acceptors (Lipinski definition) is 6. The van der Waals surface area contributed by atoms with E-state index in [9.17, 15) is 14.4 Å². The minimum atomic E-state index is -0.551. The zero-order valence-corrected chi connectivity index (χ0v) is 17.5. The highest BCUT2D eigenvalue weighted by Crippen LogP contribution is 2.66. The molecule has 0 spiro atoms. The number of carbonyl (C=O) groups is 3. The number of amides is 1. The van der Waals surface area contributed by atoms with Gasteiger partial charge in [-0.2, -0.15) is 0 Å². The maximum Gasteiger partial charge on any atom is 0.330 e. The van der Waals surface area contributed by atoms with Gasteiger partial charge in [-0.05, 0) is 63.4 Å². The predicted molar refractivity (Wildman–Crippen MR) is 106 cm³/mol. The minimum absolute atomic E-state index is 0.135. The molecule has 0 aromatic carbocycles. The first kappa shape index (κ1) is 20.1. The number of nitrogens with zero attached hydrogens (tertiary/aromatic N) is 2. The van der Waals surface area contributed by atoms with Crippen molar-refractivity contribution in [1.82, 2.24) is 4.90 Å². The van der Waals surface area contributed by atoms with Gasteiger partial charge in [-0.25, -0.2) is 4.79 Å². The van der Waals surface area contributed by atoms with E-state index in [1.807, 2.05) is 6.08 Å². The van der Waals surface area contributed by atoms with Gasteiger partial charge in [0, 0.05) is 24.9 Å². The Labute approximate surface area is 171 Å². The molecule has 0 saturated heterocycles. The molecule has 3 atom stereocenters. The first-order chi connectivity index (χ1) is 13.8. The van der Waals surface area contributed by atoms with Crippen LogP contribution in [-0.4, -0.2) is 55.3 Å². The zero-order chi connectivity index (χ0) is 20.8. The molecule has 1 amide bonds. The van der Waals surface area contributed by atoms with Crippen LogP contribution in [-0.2, 0) is 23.9 Å². The van der Waals surface area contributed by atoms with E-state index in [0.717, 1.165) is 37.8 Å². The molecule has 1 aliphatic heterocycles. The minimum Gasteiger partial charge on any atom is -0.469 e. The average Bonchev–Trinajstić information content (AvgIpc) is 2.71. The van der Waals surface area contributed by atoms with Gasteiger partial charge in [0.25, 0.3) is 0 Å². The molecule has 5 rings (SSSR count). The van der Waals surface area contributed by atoms with Crippen LogP contribution in [0.4, 0.5) is 0 Å². The van der Waals surface area contributed by atoms with Gasteiger partial charge in [0.05, 0.1) is 25.0 Å². The molecule has 29 heavy (non-hydrogen) atoms. The third-order valence-electron chi connectivity index (χ3n) is 7.35. The lowest BCUT2D eigenvalue weighted by molar-refractivity contribution is -0.184. The van der Waals surface area contributed by atoms with Crippen LogP contribution in [0.5, 0.6) is 0 Å². The highest BCUT2D eigenvalue weighted by Gasteiger charge is 2.64. The number of allylic oxidation sites excluding steroid dienone is 1. The van der Waals surface area contributed by atoms with E-state index in [0.29, 0.717) is 31.2 Å². The second kappa shape index (κ2) is 7.26. The summed E-state index contributed by atoms with van der Waals surface area (Å²) in [6.07, 6.45) is 9.45. The molecule has 4 bridgehead atoms. The Morgan fingerprint density at radius 2 is 1.76 bits per heavy atom. The molecule has 4 saturated carbocycles. The highest BCUT2D eigenvalue weighted by molar-refractivity contribution is 5.99. The molecule has 4 aliphatic carbocycles. The first-order valence-corrected chi connectivity index (χ1v) is 10.5. The molecular formula is C22H30N2O5. The van der Waals surface area contributed by atoms with Crippen molar-refractivity contribution in [3.63, 3.8) is 0 Å². The molecule has 1 heterocycles. The Balaban J connectivity index is 1.52. The van der Waals surface area contributed by atoms with Crippen molar-refractivity contribution in [2.75, 3.05) is 20.8 Å². The first-order valence-electron chi connectivity index (χ1n) is 10.5. The number of hydrogen-bond donors (Lipinski definition) is 0. The molecule has 5 aliphatic rings. The van der Waals surface area contributed by atoms with Crippen molar-refractivity contribution in [3.8, 4) is 0 Å². The van der Waals surface area contributed by atoms with Crippen LogP contribution in [0.2, 0.25) is 0 Å². The summed E-state index contributed by atoms with van der Waals surface area (Å²) in [5.74, 6) is 0.503. The summed E-state index contributed by atoms with van der Waals surface area (Å²) in [7, 11) is 2.81. The molecule has 7 heteroatoms. The van der Waals surface area contributed by atoms with E-state index < -0.39 is 16.9 Å². The second-order valence-electron chi connectivity index (χ2n) is 9.40. The summed E-state index contributed by atoms with van der Waals surface area (Å²) >= 11 is 0. The Bertz CT molecular complexity index is 772. The SMILES string of the molecule is COC(=O)[C@H](C)N=C1C=CN(C(=O)C23CC4CC(CC(C(=O)OC)(C4)C2)C3)CC1. The van der Waals surface area contributed by atoms with Crippen LogP contribution in [0.1, 0.15) is 51.9 Å². The van der Waals surface area contributed by atoms with Gasteiger partial charge in [-0.1, -0.05) is 0 Å². The lowest BCUT2D eigenvalue weighted by Gasteiger charge is -2.60. The van der Waals surface area contributed by atoms with Crippen LogP contribution in [0.25, 0.3) is 0 Å². The van der Waals surface area contributed by atoms with Crippen LogP contribution >= 0.6 is 0 Å². The number of ether oxygens (including phenoxy) is 2. The van der Waals surface area contributed by atoms with Crippen LogP contribution < -0.4 is 0 Å². The number of esters is 2. The molecular weight excluding hydrogens is 372 g/mol. The normalized spacial score (nSPS) is 37.5. The maximum absolute atomic E-state index is 13.6. The van der Waals surface area contributed by atoms with Crippen molar-refractivity contribution < 1.29 is 23.9 Å². The molecule has 7 nitrogen and oxygen atoms in total. The van der Waals surface area contributed by atoms with E-state index in [1.165, 1.54) is 14.2 Å². The number of rotatable bonds is 4. The average molecular weight is 402 g/mol. The summed E-state index contributed by atoms with van der Waals surface area (Å²) in [4.78, 5) is 44.0. The monoisotopic (exact) mass is 402 g/mol. The number of carbonyl (C=O) groups excluding carboxylic acids is 3. The summed E-state index contributed by atoms with van der Waals surface area (Å²) in [6.45, 7) is 2.25. The van der Waals surface area contributed by atoms with Crippen LogP contribution in [0, 0.1) is 22.7 Å². The lowest BCUT2D eigenvalue weighted by Crippen LogP contribution is -2.60. The predicted octanol–water partition coefficient (Wildman–Crippen LogP) is 2.49. The summed E-state index contributed by atoms with van der Waals surface area (Å²) < 4.78 is 9.87. The number of methoxy groups -OCH3 is 2. The summed E-state index contributed by atoms with van der Waals surface area (Å²) in [5.41, 5.74) is -0.129. The highest BCUT2D eigenvalue weighted by atomic mass is 16.5. The van der Waals surface area contributed by atoms with E-state index >= 15 is 0 Å². The van der Waals surface area contributed by atoms with Gasteiger partial charge in [-0.3, -0.25) is 14.6 Å². The topological polar surface area (TPSA) is 85.3 Å². The fourth-order valence-corrected chi connectivity index (χ4v) is 6.59. The van der Waals surface area contributed by atoms with E-state index in [-0.39, 0.29) is 17.8 Å². The zero-order valence-electron chi connectivity index (χ0n) is 17.5. The molecule has 0 aromatic heterocycles. The van der Waals surface area contributed by atoms with Gasteiger partial charge < -0.3 is 14.4 Å². The maximum atomic E-state index is 13.6. The van der Waals surface area contributed by atoms with E-state index in [4.69, 9.17) is 9.47 Å². The van der Waals surface area contributed by atoms with Gasteiger partial charge in [0.2, 0.25) is 5.91 Å². The number of aliphatic imine (C=N–C) groups is 1. The van der Waals surface area contributed by atoms with Crippen molar-refractivity contribution in [3.05, 3.63) is 12.3 Å². The van der Waals surface area contributed by atoms with Crippen molar-refractivity contribution in [2.24, 2.45) is 27.7 Å². The van der Waals surface area contributed by atoms with Crippen molar-refractivity contribution >= 4 is 23.6 Å². The van der Waals surface area contributed by atoms with Crippen LogP contribution in [0.15, 0.2) is 17.3 Å². The largest absolute Gasteiger partial charge is 0.469 e.